The van der Waals surface area contributed by atoms with Gasteiger partial charge in [-0.3, -0.25) is 24.0 Å². The van der Waals surface area contributed by atoms with Crippen molar-refractivity contribution in [3.05, 3.63) is 0 Å². The van der Waals surface area contributed by atoms with Gasteiger partial charge < -0.3 is 24.3 Å². The standard InChI is InChI=1S/C15H27NO.C14H25NO.C12H23NO.C12H25NO.C10H20O2/c1-14(2,3)15(4,5)13(17)16-10-11-6-8-12(16)9-7-11;1-13(2,3)14(4,5)12(16)15-10-6-7-11(15)9-8-10;1-11(2,3)12(4,5)10(14)13-8-6-7-9-13;1-8-13(9-2)10(14)12(6,7)11(3,4)5;1-7-12-8(11)10(5,6)9(2,3)4/h11-12H,6-10H2,1-5H3;10-11H,6-9H2,1-5H3;6-9H2,1-5H3;8-9H2,1-7H3;7H2,1-6H3. The number of esters is 1. The van der Waals surface area contributed by atoms with Crippen LogP contribution in [0.15, 0.2) is 0 Å². The van der Waals surface area contributed by atoms with Crippen LogP contribution in [0.3, 0.4) is 0 Å². The summed E-state index contributed by atoms with van der Waals surface area (Å²) < 4.78 is 4.99. The van der Waals surface area contributed by atoms with Crippen molar-refractivity contribution in [3.8, 4) is 0 Å². The number of amides is 4. The van der Waals surface area contributed by atoms with Gasteiger partial charge in [-0.1, -0.05) is 159 Å². The molecule has 6 fully saturated rings. The van der Waals surface area contributed by atoms with Crippen LogP contribution in [0.25, 0.3) is 0 Å². The Labute approximate surface area is 451 Å². The minimum absolute atomic E-state index is 0.00662. The first kappa shape index (κ1) is 68.4. The molecule has 4 bridgehead atoms. The van der Waals surface area contributed by atoms with Crippen LogP contribution in [0.4, 0.5) is 0 Å². The largest absolute Gasteiger partial charge is 0.466 e. The maximum Gasteiger partial charge on any atom is 0.312 e. The van der Waals surface area contributed by atoms with Crippen molar-refractivity contribution in [3.63, 3.8) is 0 Å². The molecule has 4 amide bonds. The highest BCUT2D eigenvalue weighted by Crippen LogP contribution is 2.47. The average Bonchev–Trinajstić information content (AvgIpc) is 4.05. The summed E-state index contributed by atoms with van der Waals surface area (Å²) in [5, 5.41) is 0. The summed E-state index contributed by atoms with van der Waals surface area (Å²) in [5.41, 5.74) is -1.42. The number of ether oxygens (including phenoxy) is 1. The summed E-state index contributed by atoms with van der Waals surface area (Å²) in [6, 6.07) is 1.65. The first-order valence-electron chi connectivity index (χ1n) is 29.1. The van der Waals surface area contributed by atoms with E-state index in [0.29, 0.717) is 42.5 Å². The summed E-state index contributed by atoms with van der Waals surface area (Å²) in [4.78, 5) is 69.7. The highest BCUT2D eigenvalue weighted by Gasteiger charge is 2.51. The lowest BCUT2D eigenvalue weighted by molar-refractivity contribution is -0.159. The zero-order valence-electron chi connectivity index (χ0n) is 53.4. The Morgan fingerprint density at radius 2 is 0.753 bits per heavy atom. The maximum atomic E-state index is 12.8. The molecule has 10 heteroatoms. The van der Waals surface area contributed by atoms with Gasteiger partial charge in [-0.05, 0) is 132 Å². The minimum atomic E-state index is -0.414. The van der Waals surface area contributed by atoms with Gasteiger partial charge in [0.2, 0.25) is 23.6 Å². The molecule has 5 aliphatic heterocycles. The lowest BCUT2D eigenvalue weighted by Crippen LogP contribution is -2.56. The second kappa shape index (κ2) is 25.2. The van der Waals surface area contributed by atoms with Gasteiger partial charge in [0.05, 0.1) is 12.0 Å². The fraction of sp³-hybridized carbons (Fsp3) is 0.921. The summed E-state index contributed by atoms with van der Waals surface area (Å²) >= 11 is 0. The molecule has 5 saturated heterocycles. The molecule has 0 unspecified atom stereocenters. The van der Waals surface area contributed by atoms with Crippen molar-refractivity contribution < 1.29 is 28.7 Å². The summed E-state index contributed by atoms with van der Waals surface area (Å²) in [7, 11) is 0. The summed E-state index contributed by atoms with van der Waals surface area (Å²) in [5.74, 6) is 2.00. The molecule has 10 nitrogen and oxygen atoms in total. The third kappa shape index (κ3) is 16.4. The zero-order chi connectivity index (χ0) is 57.5. The summed E-state index contributed by atoms with van der Waals surface area (Å²) in [6.45, 7) is 63.3. The molecule has 0 spiro atoms. The number of piperidine rings is 2. The molecule has 1 aliphatic carbocycles. The van der Waals surface area contributed by atoms with E-state index in [0.717, 1.165) is 38.6 Å². The van der Waals surface area contributed by atoms with Gasteiger partial charge >= 0.3 is 5.97 Å². The van der Waals surface area contributed by atoms with Gasteiger partial charge in [-0.2, -0.15) is 0 Å². The van der Waals surface area contributed by atoms with E-state index >= 15 is 0 Å². The van der Waals surface area contributed by atoms with Gasteiger partial charge in [0.15, 0.2) is 0 Å². The van der Waals surface area contributed by atoms with Gasteiger partial charge in [-0.25, -0.2) is 0 Å². The molecule has 0 aromatic rings. The minimum Gasteiger partial charge on any atom is -0.466 e. The van der Waals surface area contributed by atoms with Gasteiger partial charge in [0.1, 0.15) is 0 Å². The number of hydrogen-bond acceptors (Lipinski definition) is 6. The van der Waals surface area contributed by atoms with E-state index in [-0.39, 0.29) is 60.6 Å². The van der Waals surface area contributed by atoms with Crippen LogP contribution >= 0.6 is 0 Å². The van der Waals surface area contributed by atoms with Crippen molar-refractivity contribution in [2.75, 3.05) is 39.3 Å². The number of fused-ring (bicyclic) bond motifs is 5. The molecule has 0 aromatic heterocycles. The van der Waals surface area contributed by atoms with E-state index in [1.165, 1.54) is 64.2 Å². The Bertz CT molecular complexity index is 1730. The SMILES string of the molecule is CC(C)(C)C(C)(C)C(=O)N1C2CCC1CC2.CC(C)(C)C(C)(C)C(=O)N1CC2CCC1CC2.CC(C)(C)C(C)(C)C(=O)N1CCCC1.CCN(CC)C(=O)C(C)(C)C(C)(C)C.CCOC(=O)C(C)(C)C(C)(C)C. The van der Waals surface area contributed by atoms with Crippen LogP contribution in [0.5, 0.6) is 0 Å². The third-order valence-corrected chi connectivity index (χ3v) is 20.4. The number of carbonyl (C=O) groups excluding carboxylic acids is 5. The second-order valence-electron chi connectivity index (χ2n) is 30.4. The lowest BCUT2D eigenvalue weighted by Gasteiger charge is -2.50. The molecule has 0 aromatic carbocycles. The topological polar surface area (TPSA) is 108 Å². The fourth-order valence-electron chi connectivity index (χ4n) is 9.36. The zero-order valence-corrected chi connectivity index (χ0v) is 53.4. The number of likely N-dealkylation sites (tertiary alicyclic amines) is 1. The number of rotatable bonds is 8. The molecule has 1 saturated carbocycles. The highest BCUT2D eigenvalue weighted by atomic mass is 16.5. The van der Waals surface area contributed by atoms with Crippen LogP contribution in [0.2, 0.25) is 0 Å². The van der Waals surface area contributed by atoms with Crippen molar-refractivity contribution in [2.45, 2.75) is 276 Å². The monoisotopic (exact) mass is 1030 g/mol. The molecule has 73 heavy (non-hydrogen) atoms. The van der Waals surface area contributed by atoms with Crippen LogP contribution in [-0.4, -0.2) is 107 Å². The Kier molecular flexibility index (Phi) is 23.6. The third-order valence-electron chi connectivity index (χ3n) is 20.4. The Morgan fingerprint density at radius 3 is 1.05 bits per heavy atom. The van der Waals surface area contributed by atoms with E-state index in [2.05, 4.69) is 134 Å². The first-order valence-corrected chi connectivity index (χ1v) is 29.1. The number of hydrogen-bond donors (Lipinski definition) is 0. The predicted octanol–water partition coefficient (Wildman–Crippen LogP) is 14.9. The lowest BCUT2D eigenvalue weighted by atomic mass is 9.67. The molecule has 6 rings (SSSR count). The van der Waals surface area contributed by atoms with E-state index in [1.807, 2.05) is 79.0 Å². The second-order valence-corrected chi connectivity index (χ2v) is 30.4. The molecule has 5 heterocycles. The van der Waals surface area contributed by atoms with Crippen molar-refractivity contribution in [2.24, 2.45) is 60.1 Å². The Hall–Kier alpha value is -2.65. The van der Waals surface area contributed by atoms with Crippen LogP contribution < -0.4 is 0 Å². The van der Waals surface area contributed by atoms with E-state index < -0.39 is 5.41 Å². The smallest absolute Gasteiger partial charge is 0.312 e. The average molecular weight is 1030 g/mol. The molecule has 0 radical (unpaired) electrons. The quantitative estimate of drug-likeness (QED) is 0.224. The fourth-order valence-corrected chi connectivity index (χ4v) is 9.36. The van der Waals surface area contributed by atoms with Crippen LogP contribution in [0, 0.1) is 60.1 Å². The predicted molar refractivity (Wildman–Crippen MR) is 307 cm³/mol. The van der Waals surface area contributed by atoms with Crippen molar-refractivity contribution in [1.82, 2.24) is 19.6 Å². The maximum absolute atomic E-state index is 12.8. The van der Waals surface area contributed by atoms with Gasteiger partial charge in [0.25, 0.3) is 0 Å². The molecule has 6 aliphatic rings. The number of carbonyl (C=O) groups is 5. The molecule has 0 N–H and O–H groups in total. The van der Waals surface area contributed by atoms with Gasteiger partial charge in [-0.15, -0.1) is 0 Å². The normalized spacial score (nSPS) is 21.6. The van der Waals surface area contributed by atoms with E-state index in [4.69, 9.17) is 4.74 Å². The van der Waals surface area contributed by atoms with E-state index in [1.54, 1.807) is 0 Å². The molecular formula is C63H120N4O6. The Balaban J connectivity index is 0.000000459. The van der Waals surface area contributed by atoms with Crippen LogP contribution in [-0.2, 0) is 28.7 Å². The summed E-state index contributed by atoms with van der Waals surface area (Å²) in [6.07, 6.45) is 12.4. The van der Waals surface area contributed by atoms with Gasteiger partial charge in [0, 0.05) is 72.5 Å². The molecule has 0 atom stereocenters. The molecule has 428 valence electrons. The first-order chi connectivity index (χ1) is 32.7. The van der Waals surface area contributed by atoms with E-state index in [9.17, 15) is 24.0 Å². The van der Waals surface area contributed by atoms with Crippen molar-refractivity contribution in [1.29, 1.82) is 0 Å². The molecular weight excluding hydrogens is 909 g/mol. The van der Waals surface area contributed by atoms with Crippen LogP contribution in [0.1, 0.15) is 258 Å². The Morgan fingerprint density at radius 1 is 0.425 bits per heavy atom. The highest BCUT2D eigenvalue weighted by molar-refractivity contribution is 5.85. The van der Waals surface area contributed by atoms with Crippen molar-refractivity contribution >= 4 is 29.6 Å². The number of nitrogens with zero attached hydrogens (tertiary/aromatic N) is 4.